The zero-order chi connectivity index (χ0) is 13.1. The molecule has 0 radical (unpaired) electrons. The Kier molecular flexibility index (Phi) is 3.66. The van der Waals surface area contributed by atoms with Gasteiger partial charge in [-0.25, -0.2) is 0 Å². The smallest absolute Gasteiger partial charge is 0.242 e. The molecule has 0 saturated carbocycles. The van der Waals surface area contributed by atoms with Gasteiger partial charge in [-0.1, -0.05) is 6.07 Å². The van der Waals surface area contributed by atoms with Gasteiger partial charge in [-0.3, -0.25) is 9.78 Å². The number of pyridine rings is 1. The maximum Gasteiger partial charge on any atom is 0.242 e. The van der Waals surface area contributed by atoms with Crippen molar-refractivity contribution < 1.29 is 4.79 Å². The molecule has 1 unspecified atom stereocenters. The lowest BCUT2D eigenvalue weighted by Gasteiger charge is -2.22. The summed E-state index contributed by atoms with van der Waals surface area (Å²) in [5.41, 5.74) is 1.76. The summed E-state index contributed by atoms with van der Waals surface area (Å²) in [7, 11) is 0. The number of hydrogen-bond donors (Lipinski definition) is 2. The molecule has 1 amide bonds. The fourth-order valence-electron chi connectivity index (χ4n) is 2.12. The first-order valence-corrected chi connectivity index (χ1v) is 7.45. The number of nitrogens with one attached hydrogen (secondary N) is 2. The minimum atomic E-state index is -0.0941. The monoisotopic (exact) mass is 273 g/mol. The molecule has 3 rings (SSSR count). The van der Waals surface area contributed by atoms with Gasteiger partial charge in [0.05, 0.1) is 11.6 Å². The van der Waals surface area contributed by atoms with Crippen LogP contribution in [0.2, 0.25) is 0 Å². The Labute approximate surface area is 116 Å². The lowest BCUT2D eigenvalue weighted by molar-refractivity contribution is -0.117. The second-order valence-corrected chi connectivity index (χ2v) is 5.63. The van der Waals surface area contributed by atoms with E-state index in [1.807, 2.05) is 42.1 Å². The fourth-order valence-corrected chi connectivity index (χ4v) is 3.05. The second-order valence-electron chi connectivity index (χ2n) is 4.48. The zero-order valence-corrected chi connectivity index (χ0v) is 11.2. The van der Waals surface area contributed by atoms with Crippen LogP contribution >= 0.6 is 11.8 Å². The number of carbonyl (C=O) groups excluding carboxylic acids is 1. The van der Waals surface area contributed by atoms with E-state index in [1.54, 1.807) is 6.20 Å². The number of anilines is 1. The van der Waals surface area contributed by atoms with Crippen LogP contribution in [0, 0.1) is 0 Å². The van der Waals surface area contributed by atoms with Crippen LogP contribution in [0.1, 0.15) is 0 Å². The quantitative estimate of drug-likeness (QED) is 0.877. The van der Waals surface area contributed by atoms with Gasteiger partial charge >= 0.3 is 0 Å². The van der Waals surface area contributed by atoms with Crippen LogP contribution in [0.3, 0.4) is 0 Å². The van der Waals surface area contributed by atoms with Gasteiger partial charge in [0.15, 0.2) is 0 Å². The number of aromatic nitrogens is 1. The third kappa shape index (κ3) is 2.88. The largest absolute Gasteiger partial charge is 0.325 e. The summed E-state index contributed by atoms with van der Waals surface area (Å²) >= 11 is 1.81. The van der Waals surface area contributed by atoms with Crippen molar-refractivity contribution >= 4 is 34.3 Å². The number of hydrogen-bond acceptors (Lipinski definition) is 4. The number of fused-ring (bicyclic) bond motifs is 1. The highest BCUT2D eigenvalue weighted by Gasteiger charge is 2.20. The van der Waals surface area contributed by atoms with Gasteiger partial charge in [0.25, 0.3) is 0 Å². The van der Waals surface area contributed by atoms with Gasteiger partial charge in [0.2, 0.25) is 5.91 Å². The van der Waals surface area contributed by atoms with E-state index in [-0.39, 0.29) is 11.9 Å². The van der Waals surface area contributed by atoms with Crippen molar-refractivity contribution in [3.63, 3.8) is 0 Å². The molecule has 19 heavy (non-hydrogen) atoms. The van der Waals surface area contributed by atoms with E-state index in [4.69, 9.17) is 0 Å². The van der Waals surface area contributed by atoms with E-state index in [0.29, 0.717) is 0 Å². The Hall–Kier alpha value is -1.59. The molecule has 2 N–H and O–H groups in total. The lowest BCUT2D eigenvalue weighted by atomic mass is 10.2. The first-order chi connectivity index (χ1) is 9.33. The van der Waals surface area contributed by atoms with Crippen LogP contribution in [0.5, 0.6) is 0 Å². The summed E-state index contributed by atoms with van der Waals surface area (Å²) in [5.74, 6) is 1.95. The molecule has 5 heteroatoms. The molecule has 4 nitrogen and oxygen atoms in total. The summed E-state index contributed by atoms with van der Waals surface area (Å²) in [4.78, 5) is 16.4. The Bertz CT molecular complexity index is 596. The predicted molar refractivity (Wildman–Crippen MR) is 79.5 cm³/mol. The zero-order valence-electron chi connectivity index (χ0n) is 10.4. The van der Waals surface area contributed by atoms with E-state index < -0.39 is 0 Å². The number of rotatable bonds is 2. The van der Waals surface area contributed by atoms with Crippen LogP contribution in [0.15, 0.2) is 36.5 Å². The molecule has 0 spiro atoms. The molecule has 98 valence electrons. The molecule has 1 atom stereocenters. The first kappa shape index (κ1) is 12.4. The summed E-state index contributed by atoms with van der Waals surface area (Å²) < 4.78 is 0. The third-order valence-corrected chi connectivity index (χ3v) is 4.17. The average molecular weight is 273 g/mol. The van der Waals surface area contributed by atoms with Crippen molar-refractivity contribution in [3.05, 3.63) is 36.5 Å². The number of amides is 1. The summed E-state index contributed by atoms with van der Waals surface area (Å²) in [5, 5.41) is 7.23. The number of benzene rings is 1. The Morgan fingerprint density at radius 3 is 3.21 bits per heavy atom. The Morgan fingerprint density at radius 2 is 2.37 bits per heavy atom. The van der Waals surface area contributed by atoms with Crippen molar-refractivity contribution in [1.82, 2.24) is 10.3 Å². The van der Waals surface area contributed by atoms with Crippen LogP contribution < -0.4 is 10.6 Å². The minimum absolute atomic E-state index is 0.0374. The van der Waals surface area contributed by atoms with Crippen LogP contribution in [0.25, 0.3) is 10.9 Å². The van der Waals surface area contributed by atoms with E-state index in [9.17, 15) is 4.79 Å². The molecule has 1 aliphatic heterocycles. The van der Waals surface area contributed by atoms with Gasteiger partial charge in [-0.05, 0) is 24.3 Å². The molecule has 1 aromatic heterocycles. The van der Waals surface area contributed by atoms with Crippen LogP contribution in [0.4, 0.5) is 5.69 Å². The van der Waals surface area contributed by atoms with Gasteiger partial charge in [0.1, 0.15) is 0 Å². The standard InChI is InChI=1S/C14H15N3OS/c18-14(13-9-19-7-6-16-13)17-11-3-4-12-10(8-11)2-1-5-15-12/h1-5,8,13,16H,6-7,9H2,(H,17,18). The van der Waals surface area contributed by atoms with Crippen molar-refractivity contribution in [1.29, 1.82) is 0 Å². The lowest BCUT2D eigenvalue weighted by Crippen LogP contribution is -2.46. The Morgan fingerprint density at radius 1 is 1.42 bits per heavy atom. The molecule has 1 saturated heterocycles. The van der Waals surface area contributed by atoms with Gasteiger partial charge in [-0.15, -0.1) is 0 Å². The van der Waals surface area contributed by atoms with Gasteiger partial charge < -0.3 is 10.6 Å². The maximum absolute atomic E-state index is 12.1. The van der Waals surface area contributed by atoms with Crippen molar-refractivity contribution in [3.8, 4) is 0 Å². The van der Waals surface area contributed by atoms with Crippen molar-refractivity contribution in [2.24, 2.45) is 0 Å². The van der Waals surface area contributed by atoms with Crippen molar-refractivity contribution in [2.45, 2.75) is 6.04 Å². The molecule has 1 fully saturated rings. The number of nitrogens with zero attached hydrogens (tertiary/aromatic N) is 1. The van der Waals surface area contributed by atoms with E-state index in [2.05, 4.69) is 15.6 Å². The fraction of sp³-hybridized carbons (Fsp3) is 0.286. The highest BCUT2D eigenvalue weighted by Crippen LogP contribution is 2.17. The van der Waals surface area contributed by atoms with Crippen LogP contribution in [-0.2, 0) is 4.79 Å². The highest BCUT2D eigenvalue weighted by molar-refractivity contribution is 7.99. The first-order valence-electron chi connectivity index (χ1n) is 6.30. The van der Waals surface area contributed by atoms with Crippen molar-refractivity contribution in [2.75, 3.05) is 23.4 Å². The van der Waals surface area contributed by atoms with Gasteiger partial charge in [-0.2, -0.15) is 11.8 Å². The summed E-state index contributed by atoms with van der Waals surface area (Å²) in [6, 6.07) is 9.57. The normalized spacial score (nSPS) is 19.3. The maximum atomic E-state index is 12.1. The molecule has 0 bridgehead atoms. The SMILES string of the molecule is O=C(Nc1ccc2ncccc2c1)C1CSCCN1. The van der Waals surface area contributed by atoms with Crippen LogP contribution in [-0.4, -0.2) is 35.0 Å². The molecule has 1 aliphatic rings. The van der Waals surface area contributed by atoms with E-state index in [1.165, 1.54) is 0 Å². The number of carbonyl (C=O) groups is 1. The van der Waals surface area contributed by atoms with E-state index >= 15 is 0 Å². The third-order valence-electron chi connectivity index (χ3n) is 3.11. The highest BCUT2D eigenvalue weighted by atomic mass is 32.2. The number of thioether (sulfide) groups is 1. The summed E-state index contributed by atoms with van der Waals surface area (Å²) in [6.07, 6.45) is 1.77. The topological polar surface area (TPSA) is 54.0 Å². The minimum Gasteiger partial charge on any atom is -0.325 e. The molecule has 1 aromatic carbocycles. The molecule has 2 heterocycles. The molecule has 0 aliphatic carbocycles. The Balaban J connectivity index is 1.75. The average Bonchev–Trinajstić information content (AvgIpc) is 2.48. The second kappa shape index (κ2) is 5.59. The predicted octanol–water partition coefficient (Wildman–Crippen LogP) is 1.88. The molecular weight excluding hydrogens is 258 g/mol. The van der Waals surface area contributed by atoms with E-state index in [0.717, 1.165) is 34.6 Å². The molecule has 2 aromatic rings. The molecular formula is C14H15N3OS. The van der Waals surface area contributed by atoms with Gasteiger partial charge in [0, 0.05) is 35.3 Å². The summed E-state index contributed by atoms with van der Waals surface area (Å²) in [6.45, 7) is 0.893.